The molecule has 2 amide bonds. The van der Waals surface area contributed by atoms with Crippen LogP contribution in [0.4, 0.5) is 5.69 Å². The monoisotopic (exact) mass is 461 g/mol. The van der Waals surface area contributed by atoms with Crippen molar-refractivity contribution in [2.75, 3.05) is 11.4 Å². The number of nitrogens with one attached hydrogen (secondary N) is 1. The predicted octanol–water partition coefficient (Wildman–Crippen LogP) is 4.57. The summed E-state index contributed by atoms with van der Waals surface area (Å²) in [6.45, 7) is 1.72. The van der Waals surface area contributed by atoms with Crippen LogP contribution in [0.3, 0.4) is 0 Å². The summed E-state index contributed by atoms with van der Waals surface area (Å²) in [7, 11) is 0. The maximum absolute atomic E-state index is 12.9. The first-order valence-electron chi connectivity index (χ1n) is 11.5. The van der Waals surface area contributed by atoms with Gasteiger partial charge in [-0.1, -0.05) is 43.2 Å². The summed E-state index contributed by atoms with van der Waals surface area (Å²) < 4.78 is 5.82. The third-order valence-electron chi connectivity index (χ3n) is 6.23. The molecule has 1 N–H and O–H groups in total. The lowest BCUT2D eigenvalue weighted by Crippen LogP contribution is -2.49. The normalized spacial score (nSPS) is 18.2. The second-order valence-corrected chi connectivity index (χ2v) is 9.65. The van der Waals surface area contributed by atoms with Crippen LogP contribution in [-0.4, -0.2) is 35.5 Å². The number of hydrogen-bond donors (Lipinski definition) is 1. The fourth-order valence-electron chi connectivity index (χ4n) is 4.51. The molecule has 0 radical (unpaired) electrons. The molecule has 33 heavy (non-hydrogen) atoms. The second kappa shape index (κ2) is 9.35. The van der Waals surface area contributed by atoms with E-state index in [0.717, 1.165) is 48.4 Å². The first-order valence-corrected chi connectivity index (χ1v) is 12.3. The van der Waals surface area contributed by atoms with Gasteiger partial charge < -0.3 is 10.1 Å². The van der Waals surface area contributed by atoms with Gasteiger partial charge in [-0.3, -0.25) is 14.5 Å². The minimum Gasteiger partial charge on any atom is -0.479 e. The molecule has 1 aliphatic carbocycles. The molecule has 6 nitrogen and oxygen atoms in total. The number of ether oxygens (including phenoxy) is 1. The van der Waals surface area contributed by atoms with Crippen LogP contribution in [0.25, 0.3) is 11.3 Å². The van der Waals surface area contributed by atoms with E-state index >= 15 is 0 Å². The molecule has 1 aromatic heterocycles. The topological polar surface area (TPSA) is 71.5 Å². The molecule has 0 spiro atoms. The summed E-state index contributed by atoms with van der Waals surface area (Å²) in [6, 6.07) is 16.2. The Labute approximate surface area is 197 Å². The number of benzene rings is 2. The second-order valence-electron chi connectivity index (χ2n) is 8.70. The summed E-state index contributed by atoms with van der Waals surface area (Å²) in [4.78, 5) is 32.0. The van der Waals surface area contributed by atoms with Gasteiger partial charge in [0.05, 0.1) is 16.4 Å². The number of carbonyl (C=O) groups is 2. The largest absolute Gasteiger partial charge is 0.479 e. The van der Waals surface area contributed by atoms with Crippen molar-refractivity contribution in [2.45, 2.75) is 51.2 Å². The minimum absolute atomic E-state index is 0.00416. The van der Waals surface area contributed by atoms with E-state index in [-0.39, 0.29) is 24.4 Å². The number of aromatic nitrogens is 1. The zero-order chi connectivity index (χ0) is 22.8. The van der Waals surface area contributed by atoms with Gasteiger partial charge in [0, 0.05) is 23.4 Å². The number of nitrogens with zero attached hydrogens (tertiary/aromatic N) is 2. The van der Waals surface area contributed by atoms with Crippen LogP contribution in [0.2, 0.25) is 0 Å². The average molecular weight is 462 g/mol. The Bertz CT molecular complexity index is 1150. The van der Waals surface area contributed by atoms with Gasteiger partial charge in [-0.15, -0.1) is 11.3 Å². The number of fused-ring (bicyclic) bond motifs is 1. The zero-order valence-electron chi connectivity index (χ0n) is 18.6. The SMILES string of the molecule is CC1Oc2ccc(-c3csc(Cc4ccccc4)n3)cc2N(CC(=O)NC2CCCC2)C1=O. The Balaban J connectivity index is 1.38. The number of rotatable bonds is 6. The van der Waals surface area contributed by atoms with Crippen molar-refractivity contribution in [3.05, 3.63) is 64.5 Å². The molecule has 0 bridgehead atoms. The Morgan fingerprint density at radius 3 is 2.76 bits per heavy atom. The predicted molar refractivity (Wildman–Crippen MR) is 130 cm³/mol. The van der Waals surface area contributed by atoms with Crippen LogP contribution < -0.4 is 15.0 Å². The first-order chi connectivity index (χ1) is 16.1. The van der Waals surface area contributed by atoms with E-state index < -0.39 is 6.10 Å². The Morgan fingerprint density at radius 2 is 1.97 bits per heavy atom. The smallest absolute Gasteiger partial charge is 0.268 e. The van der Waals surface area contributed by atoms with E-state index in [1.54, 1.807) is 23.2 Å². The molecular formula is C26H27N3O3S. The van der Waals surface area contributed by atoms with Gasteiger partial charge in [0.15, 0.2) is 6.10 Å². The summed E-state index contributed by atoms with van der Waals surface area (Å²) in [5.74, 6) is 0.281. The van der Waals surface area contributed by atoms with Crippen molar-refractivity contribution >= 4 is 28.8 Å². The molecule has 2 heterocycles. The molecule has 3 aromatic rings. The van der Waals surface area contributed by atoms with Crippen LogP contribution >= 0.6 is 11.3 Å². The lowest BCUT2D eigenvalue weighted by atomic mass is 10.1. The van der Waals surface area contributed by atoms with E-state index in [2.05, 4.69) is 17.4 Å². The van der Waals surface area contributed by atoms with Gasteiger partial charge in [-0.2, -0.15) is 0 Å². The fraction of sp³-hybridized carbons (Fsp3) is 0.346. The lowest BCUT2D eigenvalue weighted by Gasteiger charge is -2.33. The van der Waals surface area contributed by atoms with Gasteiger partial charge in [0.25, 0.3) is 5.91 Å². The van der Waals surface area contributed by atoms with Gasteiger partial charge in [-0.05, 0) is 43.5 Å². The van der Waals surface area contributed by atoms with Gasteiger partial charge >= 0.3 is 0 Å². The van der Waals surface area contributed by atoms with Crippen molar-refractivity contribution < 1.29 is 14.3 Å². The molecule has 5 rings (SSSR count). The molecule has 0 saturated heterocycles. The van der Waals surface area contributed by atoms with Crippen molar-refractivity contribution in [2.24, 2.45) is 0 Å². The highest BCUT2D eigenvalue weighted by Gasteiger charge is 2.33. The van der Waals surface area contributed by atoms with Crippen LogP contribution in [0.5, 0.6) is 5.75 Å². The Kier molecular flexibility index (Phi) is 6.13. The molecule has 170 valence electrons. The molecule has 7 heteroatoms. The minimum atomic E-state index is -0.626. The Morgan fingerprint density at radius 1 is 1.18 bits per heavy atom. The summed E-state index contributed by atoms with van der Waals surface area (Å²) in [5, 5.41) is 6.14. The van der Waals surface area contributed by atoms with Crippen molar-refractivity contribution in [1.82, 2.24) is 10.3 Å². The molecule has 1 aliphatic heterocycles. The molecule has 1 saturated carbocycles. The summed E-state index contributed by atoms with van der Waals surface area (Å²) >= 11 is 1.62. The highest BCUT2D eigenvalue weighted by atomic mass is 32.1. The molecular weight excluding hydrogens is 434 g/mol. The molecule has 2 aliphatic rings. The van der Waals surface area contributed by atoms with Crippen molar-refractivity contribution in [3.8, 4) is 17.0 Å². The van der Waals surface area contributed by atoms with E-state index in [1.165, 1.54) is 5.56 Å². The molecule has 1 atom stereocenters. The maximum atomic E-state index is 12.9. The van der Waals surface area contributed by atoms with E-state index in [4.69, 9.17) is 9.72 Å². The number of carbonyl (C=O) groups excluding carboxylic acids is 2. The summed E-state index contributed by atoms with van der Waals surface area (Å²) in [5.41, 5.74) is 3.60. The van der Waals surface area contributed by atoms with Crippen molar-refractivity contribution in [3.63, 3.8) is 0 Å². The molecule has 1 unspecified atom stereocenters. The highest BCUT2D eigenvalue weighted by molar-refractivity contribution is 7.10. The number of anilines is 1. The van der Waals surface area contributed by atoms with E-state index in [0.29, 0.717) is 11.4 Å². The first kappa shape index (κ1) is 21.6. The third-order valence-corrected chi connectivity index (χ3v) is 7.08. The maximum Gasteiger partial charge on any atom is 0.268 e. The number of amides is 2. The molecule has 1 fully saturated rings. The van der Waals surface area contributed by atoms with Crippen LogP contribution in [0.1, 0.15) is 43.2 Å². The average Bonchev–Trinajstić information content (AvgIpc) is 3.50. The molecule has 2 aromatic carbocycles. The van der Waals surface area contributed by atoms with Gasteiger partial charge in [0.2, 0.25) is 5.91 Å². The zero-order valence-corrected chi connectivity index (χ0v) is 19.4. The van der Waals surface area contributed by atoms with Crippen LogP contribution in [-0.2, 0) is 16.0 Å². The van der Waals surface area contributed by atoms with Gasteiger partial charge in [0.1, 0.15) is 12.3 Å². The third kappa shape index (κ3) is 4.78. The van der Waals surface area contributed by atoms with Crippen molar-refractivity contribution in [1.29, 1.82) is 0 Å². The van der Waals surface area contributed by atoms with Gasteiger partial charge in [-0.25, -0.2) is 4.98 Å². The van der Waals surface area contributed by atoms with E-state index in [1.807, 2.05) is 41.8 Å². The highest BCUT2D eigenvalue weighted by Crippen LogP contribution is 2.38. The van der Waals surface area contributed by atoms with E-state index in [9.17, 15) is 9.59 Å². The Hall–Kier alpha value is -3.19. The fourth-order valence-corrected chi connectivity index (χ4v) is 5.35. The summed E-state index contributed by atoms with van der Waals surface area (Å²) in [6.07, 6.45) is 4.46. The number of hydrogen-bond acceptors (Lipinski definition) is 5. The standard InChI is InChI=1S/C26H27N3O3S/c1-17-26(31)29(15-24(30)27-20-9-5-6-10-20)22-14-19(11-12-23(22)32-17)21-16-33-25(28-21)13-18-7-3-2-4-8-18/h2-4,7-8,11-12,14,16-17,20H,5-6,9-10,13,15H2,1H3,(H,27,30). The van der Waals surface area contributed by atoms with Crippen LogP contribution in [0.15, 0.2) is 53.9 Å². The number of thiazole rings is 1. The quantitative estimate of drug-likeness (QED) is 0.584. The lowest BCUT2D eigenvalue weighted by molar-refractivity contribution is -0.128. The van der Waals surface area contributed by atoms with Crippen LogP contribution in [0, 0.1) is 0 Å².